The number of aromatic nitrogens is 3. The Kier molecular flexibility index (Phi) is 2.71. The van der Waals surface area contributed by atoms with Gasteiger partial charge < -0.3 is 9.73 Å². The quantitative estimate of drug-likeness (QED) is 0.856. The van der Waals surface area contributed by atoms with Crippen LogP contribution < -0.4 is 5.32 Å². The summed E-state index contributed by atoms with van der Waals surface area (Å²) >= 11 is 0. The summed E-state index contributed by atoms with van der Waals surface area (Å²) in [4.78, 5) is 15.8. The van der Waals surface area contributed by atoms with Crippen molar-refractivity contribution in [1.82, 2.24) is 14.8 Å². The van der Waals surface area contributed by atoms with Gasteiger partial charge in [0.15, 0.2) is 12.1 Å². The van der Waals surface area contributed by atoms with Crippen molar-refractivity contribution in [2.24, 2.45) is 7.05 Å². The molecule has 6 heteroatoms. The fourth-order valence-corrected chi connectivity index (χ4v) is 1.63. The van der Waals surface area contributed by atoms with E-state index in [-0.39, 0.29) is 5.91 Å². The normalized spacial score (nSPS) is 10.6. The maximum absolute atomic E-state index is 11.9. The zero-order valence-corrected chi connectivity index (χ0v) is 10.2. The van der Waals surface area contributed by atoms with Gasteiger partial charge in [-0.3, -0.25) is 9.48 Å². The van der Waals surface area contributed by atoms with Gasteiger partial charge in [0.2, 0.25) is 0 Å². The minimum absolute atomic E-state index is 0.289. The van der Waals surface area contributed by atoms with Gasteiger partial charge in [-0.05, 0) is 20.8 Å². The summed E-state index contributed by atoms with van der Waals surface area (Å²) in [6.45, 7) is 5.50. The van der Waals surface area contributed by atoms with Crippen LogP contribution in [0.2, 0.25) is 0 Å². The number of hydrogen-bond acceptors (Lipinski definition) is 4. The van der Waals surface area contributed by atoms with Crippen LogP contribution in [0.4, 0.5) is 5.82 Å². The molecule has 0 radical (unpaired) electrons. The van der Waals surface area contributed by atoms with Crippen molar-refractivity contribution in [1.29, 1.82) is 0 Å². The number of nitrogens with one attached hydrogen (secondary N) is 1. The van der Waals surface area contributed by atoms with Crippen LogP contribution in [0, 0.1) is 20.8 Å². The number of aryl methyl sites for hydroxylation is 3. The molecule has 0 aromatic carbocycles. The highest BCUT2D eigenvalue weighted by Gasteiger charge is 2.17. The Morgan fingerprint density at radius 3 is 2.59 bits per heavy atom. The van der Waals surface area contributed by atoms with Crippen molar-refractivity contribution < 1.29 is 9.21 Å². The van der Waals surface area contributed by atoms with E-state index in [1.165, 1.54) is 6.39 Å². The predicted molar refractivity (Wildman–Crippen MR) is 61.9 cm³/mol. The molecular weight excluding hydrogens is 220 g/mol. The van der Waals surface area contributed by atoms with Gasteiger partial charge in [0.25, 0.3) is 5.91 Å². The SMILES string of the molecule is Cc1nn(C)c(NC(=O)c2ncoc2C)c1C. The molecule has 1 amide bonds. The van der Waals surface area contributed by atoms with Crippen LogP contribution in [0.15, 0.2) is 10.8 Å². The standard InChI is InChI=1S/C11H14N4O2/c1-6-7(2)14-15(4)10(6)13-11(16)9-8(3)17-5-12-9/h5H,1-4H3,(H,13,16). The molecule has 2 heterocycles. The Balaban J connectivity index is 2.28. The molecule has 0 aliphatic heterocycles. The molecule has 0 aliphatic rings. The first kappa shape index (κ1) is 11.4. The number of anilines is 1. The number of carbonyl (C=O) groups is 1. The van der Waals surface area contributed by atoms with E-state index in [0.717, 1.165) is 11.3 Å². The topological polar surface area (TPSA) is 73.0 Å². The first-order valence-corrected chi connectivity index (χ1v) is 5.22. The van der Waals surface area contributed by atoms with Crippen LogP contribution in [-0.4, -0.2) is 20.7 Å². The van der Waals surface area contributed by atoms with E-state index in [2.05, 4.69) is 15.4 Å². The van der Waals surface area contributed by atoms with Crippen molar-refractivity contribution in [3.63, 3.8) is 0 Å². The van der Waals surface area contributed by atoms with E-state index in [9.17, 15) is 4.79 Å². The number of amides is 1. The number of rotatable bonds is 2. The Morgan fingerprint density at radius 1 is 1.41 bits per heavy atom. The largest absolute Gasteiger partial charge is 0.448 e. The molecule has 0 fully saturated rings. The van der Waals surface area contributed by atoms with E-state index < -0.39 is 0 Å². The molecule has 1 N–H and O–H groups in total. The van der Waals surface area contributed by atoms with E-state index in [1.54, 1.807) is 18.7 Å². The van der Waals surface area contributed by atoms with Crippen LogP contribution in [0.25, 0.3) is 0 Å². The van der Waals surface area contributed by atoms with Gasteiger partial charge in [0.05, 0.1) is 5.69 Å². The van der Waals surface area contributed by atoms with Gasteiger partial charge in [-0.1, -0.05) is 0 Å². The third kappa shape index (κ3) is 1.93. The molecule has 0 unspecified atom stereocenters. The zero-order chi connectivity index (χ0) is 12.6. The molecular formula is C11H14N4O2. The van der Waals surface area contributed by atoms with Crippen molar-refractivity contribution in [3.8, 4) is 0 Å². The predicted octanol–water partition coefficient (Wildman–Crippen LogP) is 1.59. The smallest absolute Gasteiger partial charge is 0.279 e. The molecule has 6 nitrogen and oxygen atoms in total. The maximum Gasteiger partial charge on any atom is 0.279 e. The Morgan fingerprint density at radius 2 is 2.12 bits per heavy atom. The van der Waals surface area contributed by atoms with Crippen LogP contribution in [-0.2, 0) is 7.05 Å². The number of carbonyl (C=O) groups excluding carboxylic acids is 1. The van der Waals surface area contributed by atoms with Crippen LogP contribution in [0.3, 0.4) is 0 Å². The molecule has 0 saturated heterocycles. The lowest BCUT2D eigenvalue weighted by molar-refractivity contribution is 0.102. The second kappa shape index (κ2) is 4.04. The summed E-state index contributed by atoms with van der Waals surface area (Å²) in [5.74, 6) is 0.885. The van der Waals surface area contributed by atoms with E-state index in [1.807, 2.05) is 13.8 Å². The van der Waals surface area contributed by atoms with Crippen molar-refractivity contribution in [2.75, 3.05) is 5.32 Å². The lowest BCUT2D eigenvalue weighted by Gasteiger charge is -2.05. The molecule has 2 aromatic rings. The molecule has 0 spiro atoms. The van der Waals surface area contributed by atoms with Gasteiger partial charge in [0, 0.05) is 12.6 Å². The fourth-order valence-electron chi connectivity index (χ4n) is 1.63. The molecule has 17 heavy (non-hydrogen) atoms. The minimum Gasteiger partial charge on any atom is -0.448 e. The highest BCUT2D eigenvalue weighted by Crippen LogP contribution is 2.18. The summed E-state index contributed by atoms with van der Waals surface area (Å²) in [6.07, 6.45) is 1.26. The second-order valence-corrected chi connectivity index (χ2v) is 3.89. The zero-order valence-electron chi connectivity index (χ0n) is 10.2. The van der Waals surface area contributed by atoms with Gasteiger partial charge >= 0.3 is 0 Å². The van der Waals surface area contributed by atoms with Gasteiger partial charge in [-0.2, -0.15) is 5.10 Å². The first-order valence-electron chi connectivity index (χ1n) is 5.22. The number of oxazole rings is 1. The van der Waals surface area contributed by atoms with Crippen molar-refractivity contribution in [3.05, 3.63) is 29.1 Å². The monoisotopic (exact) mass is 234 g/mol. The fraction of sp³-hybridized carbons (Fsp3) is 0.364. The summed E-state index contributed by atoms with van der Waals surface area (Å²) in [5, 5.41) is 7.01. The molecule has 0 saturated carbocycles. The molecule has 0 bridgehead atoms. The van der Waals surface area contributed by atoms with Crippen LogP contribution in [0.1, 0.15) is 27.5 Å². The lowest BCUT2D eigenvalue weighted by atomic mass is 10.2. The third-order valence-corrected chi connectivity index (χ3v) is 2.71. The summed E-state index contributed by atoms with van der Waals surface area (Å²) < 4.78 is 6.63. The summed E-state index contributed by atoms with van der Waals surface area (Å²) in [6, 6.07) is 0. The lowest BCUT2D eigenvalue weighted by Crippen LogP contribution is -2.16. The van der Waals surface area contributed by atoms with Crippen molar-refractivity contribution in [2.45, 2.75) is 20.8 Å². The molecule has 0 atom stereocenters. The van der Waals surface area contributed by atoms with Gasteiger partial charge in [-0.25, -0.2) is 4.98 Å². The van der Waals surface area contributed by atoms with Crippen LogP contribution in [0.5, 0.6) is 0 Å². The van der Waals surface area contributed by atoms with Gasteiger partial charge in [0.1, 0.15) is 11.6 Å². The highest BCUT2D eigenvalue weighted by atomic mass is 16.3. The number of hydrogen-bond donors (Lipinski definition) is 1. The maximum atomic E-state index is 11.9. The van der Waals surface area contributed by atoms with E-state index >= 15 is 0 Å². The average Bonchev–Trinajstić information content (AvgIpc) is 2.78. The van der Waals surface area contributed by atoms with E-state index in [4.69, 9.17) is 4.42 Å². The van der Waals surface area contributed by atoms with Crippen molar-refractivity contribution >= 4 is 11.7 Å². The second-order valence-electron chi connectivity index (χ2n) is 3.89. The highest BCUT2D eigenvalue weighted by molar-refractivity contribution is 6.03. The Bertz CT molecular complexity index is 568. The average molecular weight is 234 g/mol. The Labute approximate surface area is 98.6 Å². The van der Waals surface area contributed by atoms with Crippen LogP contribution >= 0.6 is 0 Å². The molecule has 0 aliphatic carbocycles. The molecule has 2 aromatic heterocycles. The third-order valence-electron chi connectivity index (χ3n) is 2.71. The van der Waals surface area contributed by atoms with E-state index in [0.29, 0.717) is 17.3 Å². The molecule has 90 valence electrons. The van der Waals surface area contributed by atoms with Gasteiger partial charge in [-0.15, -0.1) is 0 Å². The first-order chi connectivity index (χ1) is 8.00. The summed E-state index contributed by atoms with van der Waals surface area (Å²) in [5.41, 5.74) is 2.13. The molecule has 2 rings (SSSR count). The summed E-state index contributed by atoms with van der Waals surface area (Å²) in [7, 11) is 1.78. The minimum atomic E-state index is -0.289. The Hall–Kier alpha value is -2.11. The number of nitrogens with zero attached hydrogens (tertiary/aromatic N) is 3.